The van der Waals surface area contributed by atoms with Crippen LogP contribution in [0, 0.1) is 5.92 Å². The predicted octanol–water partition coefficient (Wildman–Crippen LogP) is 3.96. The van der Waals surface area contributed by atoms with Crippen molar-refractivity contribution in [1.82, 2.24) is 4.90 Å². The first kappa shape index (κ1) is 11.9. The van der Waals surface area contributed by atoms with E-state index in [1.54, 1.807) is 0 Å². The number of hydrogen-bond donors (Lipinski definition) is 0. The van der Waals surface area contributed by atoms with Crippen molar-refractivity contribution in [3.8, 4) is 0 Å². The highest BCUT2D eigenvalue weighted by atomic mass is 35.5. The molecular formula is C14H20ClN. The van der Waals surface area contributed by atoms with Gasteiger partial charge in [-0.15, -0.1) is 0 Å². The minimum Gasteiger partial charge on any atom is -0.296 e. The lowest BCUT2D eigenvalue weighted by atomic mass is 10.0. The minimum absolute atomic E-state index is 0.759. The molecule has 1 nitrogen and oxygen atoms in total. The summed E-state index contributed by atoms with van der Waals surface area (Å²) in [5.41, 5.74) is 1.37. The summed E-state index contributed by atoms with van der Waals surface area (Å²) in [6.07, 6.45) is 2.70. The molecule has 2 heteroatoms. The predicted molar refractivity (Wildman–Crippen MR) is 69.7 cm³/mol. The van der Waals surface area contributed by atoms with Crippen LogP contribution in [-0.2, 0) is 6.54 Å². The Hall–Kier alpha value is -0.530. The van der Waals surface area contributed by atoms with Gasteiger partial charge in [0.15, 0.2) is 0 Å². The molecule has 0 amide bonds. The molecule has 1 aromatic carbocycles. The monoisotopic (exact) mass is 237 g/mol. The van der Waals surface area contributed by atoms with Gasteiger partial charge in [0.25, 0.3) is 0 Å². The van der Waals surface area contributed by atoms with Gasteiger partial charge in [0.1, 0.15) is 0 Å². The van der Waals surface area contributed by atoms with E-state index in [9.17, 15) is 0 Å². The first-order chi connectivity index (χ1) is 7.66. The maximum atomic E-state index is 5.89. The zero-order valence-corrected chi connectivity index (χ0v) is 10.9. The van der Waals surface area contributed by atoms with Gasteiger partial charge in [0, 0.05) is 17.6 Å². The van der Waals surface area contributed by atoms with Crippen LogP contribution in [0.1, 0.15) is 32.3 Å². The second-order valence-electron chi connectivity index (χ2n) is 5.05. The topological polar surface area (TPSA) is 3.24 Å². The standard InChI is InChI=1S/C14H20ClN/c1-11(2)14-4-3-9-16(14)10-12-5-7-13(15)8-6-12/h5-8,11,14H,3-4,9-10H2,1-2H3. The van der Waals surface area contributed by atoms with Gasteiger partial charge >= 0.3 is 0 Å². The summed E-state index contributed by atoms with van der Waals surface area (Å²) in [6, 6.07) is 9.00. The van der Waals surface area contributed by atoms with Crippen LogP contribution in [0.4, 0.5) is 0 Å². The molecule has 0 aromatic heterocycles. The lowest BCUT2D eigenvalue weighted by Crippen LogP contribution is -2.32. The van der Waals surface area contributed by atoms with Crippen LogP contribution in [0.5, 0.6) is 0 Å². The van der Waals surface area contributed by atoms with E-state index in [2.05, 4.69) is 30.9 Å². The summed E-state index contributed by atoms with van der Waals surface area (Å²) in [6.45, 7) is 6.96. The quantitative estimate of drug-likeness (QED) is 0.769. The fourth-order valence-electron chi connectivity index (χ4n) is 2.63. The van der Waals surface area contributed by atoms with Gasteiger partial charge in [0.2, 0.25) is 0 Å². The Bertz CT molecular complexity index is 331. The minimum atomic E-state index is 0.759. The highest BCUT2D eigenvalue weighted by molar-refractivity contribution is 6.30. The highest BCUT2D eigenvalue weighted by Gasteiger charge is 2.26. The molecule has 2 rings (SSSR count). The van der Waals surface area contributed by atoms with Crippen molar-refractivity contribution in [2.45, 2.75) is 39.3 Å². The Morgan fingerprint density at radius 3 is 2.62 bits per heavy atom. The molecule has 1 saturated heterocycles. The third-order valence-corrected chi connectivity index (χ3v) is 3.73. The molecule has 0 bridgehead atoms. The van der Waals surface area contributed by atoms with E-state index in [0.717, 1.165) is 23.5 Å². The Balaban J connectivity index is 2.01. The summed E-state index contributed by atoms with van der Waals surface area (Å²) >= 11 is 5.89. The molecule has 16 heavy (non-hydrogen) atoms. The fraction of sp³-hybridized carbons (Fsp3) is 0.571. The van der Waals surface area contributed by atoms with Crippen molar-refractivity contribution in [2.75, 3.05) is 6.54 Å². The van der Waals surface area contributed by atoms with Gasteiger partial charge in [-0.2, -0.15) is 0 Å². The number of nitrogens with zero attached hydrogens (tertiary/aromatic N) is 1. The first-order valence-corrected chi connectivity index (χ1v) is 6.53. The van der Waals surface area contributed by atoms with Gasteiger partial charge < -0.3 is 0 Å². The smallest absolute Gasteiger partial charge is 0.0406 e. The molecule has 0 saturated carbocycles. The van der Waals surface area contributed by atoms with Crippen molar-refractivity contribution in [2.24, 2.45) is 5.92 Å². The molecule has 88 valence electrons. The van der Waals surface area contributed by atoms with E-state index >= 15 is 0 Å². The van der Waals surface area contributed by atoms with E-state index in [1.807, 2.05) is 12.1 Å². The van der Waals surface area contributed by atoms with Crippen LogP contribution in [0.2, 0.25) is 5.02 Å². The SMILES string of the molecule is CC(C)C1CCCN1Cc1ccc(Cl)cc1. The van der Waals surface area contributed by atoms with Gasteiger partial charge in [-0.05, 0) is 43.0 Å². The third kappa shape index (κ3) is 2.78. The maximum absolute atomic E-state index is 5.89. The Morgan fingerprint density at radius 1 is 1.31 bits per heavy atom. The fourth-order valence-corrected chi connectivity index (χ4v) is 2.75. The van der Waals surface area contributed by atoms with Crippen molar-refractivity contribution in [3.63, 3.8) is 0 Å². The molecule has 1 fully saturated rings. The van der Waals surface area contributed by atoms with Crippen LogP contribution < -0.4 is 0 Å². The number of halogens is 1. The highest BCUT2D eigenvalue weighted by Crippen LogP contribution is 2.25. The van der Waals surface area contributed by atoms with Crippen LogP contribution in [0.3, 0.4) is 0 Å². The van der Waals surface area contributed by atoms with Gasteiger partial charge in [-0.3, -0.25) is 4.90 Å². The summed E-state index contributed by atoms with van der Waals surface area (Å²) in [4.78, 5) is 2.61. The molecule has 0 N–H and O–H groups in total. The maximum Gasteiger partial charge on any atom is 0.0406 e. The van der Waals surface area contributed by atoms with Crippen molar-refractivity contribution in [3.05, 3.63) is 34.9 Å². The number of rotatable bonds is 3. The number of hydrogen-bond acceptors (Lipinski definition) is 1. The Kier molecular flexibility index (Phi) is 3.88. The zero-order chi connectivity index (χ0) is 11.5. The second-order valence-corrected chi connectivity index (χ2v) is 5.49. The van der Waals surface area contributed by atoms with Crippen LogP contribution in [-0.4, -0.2) is 17.5 Å². The van der Waals surface area contributed by atoms with Crippen LogP contribution >= 0.6 is 11.6 Å². The molecule has 1 aliphatic rings. The van der Waals surface area contributed by atoms with E-state index < -0.39 is 0 Å². The molecular weight excluding hydrogens is 218 g/mol. The van der Waals surface area contributed by atoms with E-state index in [-0.39, 0.29) is 0 Å². The molecule has 1 aromatic rings. The average molecular weight is 238 g/mol. The Morgan fingerprint density at radius 2 is 2.00 bits per heavy atom. The second kappa shape index (κ2) is 5.20. The number of benzene rings is 1. The normalized spacial score (nSPS) is 21.9. The van der Waals surface area contributed by atoms with Crippen molar-refractivity contribution >= 4 is 11.6 Å². The Labute approximate surface area is 103 Å². The average Bonchev–Trinajstić information content (AvgIpc) is 2.69. The van der Waals surface area contributed by atoms with E-state index in [4.69, 9.17) is 11.6 Å². The van der Waals surface area contributed by atoms with Crippen LogP contribution in [0.25, 0.3) is 0 Å². The van der Waals surface area contributed by atoms with Gasteiger partial charge in [-0.25, -0.2) is 0 Å². The summed E-state index contributed by atoms with van der Waals surface area (Å²) in [5, 5.41) is 0.825. The lowest BCUT2D eigenvalue weighted by molar-refractivity contribution is 0.199. The molecule has 1 atom stereocenters. The van der Waals surface area contributed by atoms with Crippen LogP contribution in [0.15, 0.2) is 24.3 Å². The molecule has 0 aliphatic carbocycles. The summed E-state index contributed by atoms with van der Waals surface area (Å²) in [5.74, 6) is 0.759. The summed E-state index contributed by atoms with van der Waals surface area (Å²) in [7, 11) is 0. The largest absolute Gasteiger partial charge is 0.296 e. The van der Waals surface area contributed by atoms with Crippen molar-refractivity contribution in [1.29, 1.82) is 0 Å². The zero-order valence-electron chi connectivity index (χ0n) is 10.1. The van der Waals surface area contributed by atoms with E-state index in [0.29, 0.717) is 0 Å². The molecule has 1 unspecified atom stereocenters. The van der Waals surface area contributed by atoms with Crippen molar-refractivity contribution < 1.29 is 0 Å². The molecule has 0 radical (unpaired) electrons. The number of likely N-dealkylation sites (tertiary alicyclic amines) is 1. The first-order valence-electron chi connectivity index (χ1n) is 6.15. The van der Waals surface area contributed by atoms with Gasteiger partial charge in [0.05, 0.1) is 0 Å². The summed E-state index contributed by atoms with van der Waals surface area (Å²) < 4.78 is 0. The molecule has 0 spiro atoms. The van der Waals surface area contributed by atoms with Gasteiger partial charge in [-0.1, -0.05) is 37.6 Å². The lowest BCUT2D eigenvalue weighted by Gasteiger charge is -2.27. The van der Waals surface area contributed by atoms with E-state index in [1.165, 1.54) is 24.9 Å². The third-order valence-electron chi connectivity index (χ3n) is 3.48. The molecule has 1 heterocycles. The molecule has 1 aliphatic heterocycles.